The van der Waals surface area contributed by atoms with Crippen LogP contribution in [0.4, 0.5) is 5.82 Å². The predicted octanol–water partition coefficient (Wildman–Crippen LogP) is 4.08. The maximum Gasteiger partial charge on any atom is 0.243 e. The van der Waals surface area contributed by atoms with Crippen LogP contribution in [0.25, 0.3) is 10.9 Å². The molecule has 0 aliphatic rings. The molecule has 0 aliphatic carbocycles. The largest absolute Gasteiger partial charge is 0.494 e. The maximum atomic E-state index is 10.9. The second kappa shape index (κ2) is 11.0. The van der Waals surface area contributed by atoms with Gasteiger partial charge in [-0.2, -0.15) is 0 Å². The van der Waals surface area contributed by atoms with Crippen molar-refractivity contribution in [1.82, 2.24) is 15.4 Å². The van der Waals surface area contributed by atoms with E-state index in [0.29, 0.717) is 19.6 Å². The minimum absolute atomic E-state index is 0.337. The zero-order valence-corrected chi connectivity index (χ0v) is 16.3. The number of ether oxygens (including phenoxy) is 1. The predicted molar refractivity (Wildman–Crippen MR) is 112 cm³/mol. The number of hydroxylamine groups is 1. The summed E-state index contributed by atoms with van der Waals surface area (Å²) < 4.78 is 5.88. The third-order valence-corrected chi connectivity index (χ3v) is 4.60. The Balaban J connectivity index is 1.51. The van der Waals surface area contributed by atoms with Gasteiger partial charge in [-0.25, -0.2) is 15.4 Å². The highest BCUT2D eigenvalue weighted by Crippen LogP contribution is 2.25. The number of amides is 1. The second-order valence-electron chi connectivity index (χ2n) is 6.79. The van der Waals surface area contributed by atoms with Crippen LogP contribution in [0.5, 0.6) is 5.75 Å². The van der Waals surface area contributed by atoms with Crippen molar-refractivity contribution >= 4 is 22.6 Å². The molecule has 0 bridgehead atoms. The first-order valence-corrected chi connectivity index (χ1v) is 9.84. The number of anilines is 1. The number of rotatable bonds is 11. The summed E-state index contributed by atoms with van der Waals surface area (Å²) in [6.07, 6.45) is 5.47. The number of hydrogen-bond acceptors (Lipinski definition) is 6. The summed E-state index contributed by atoms with van der Waals surface area (Å²) in [5, 5.41) is 12.8. The molecule has 0 fully saturated rings. The van der Waals surface area contributed by atoms with Gasteiger partial charge < -0.3 is 10.1 Å². The number of nitrogens with zero attached hydrogens (tertiary/aromatic N) is 2. The van der Waals surface area contributed by atoms with Crippen LogP contribution in [0.15, 0.2) is 54.9 Å². The normalized spacial score (nSPS) is 10.7. The third-order valence-electron chi connectivity index (χ3n) is 4.60. The molecule has 0 aliphatic heterocycles. The summed E-state index contributed by atoms with van der Waals surface area (Å²) >= 11 is 0. The van der Waals surface area contributed by atoms with Crippen molar-refractivity contribution in [2.24, 2.45) is 0 Å². The molecule has 0 saturated heterocycles. The minimum atomic E-state index is -0.337. The van der Waals surface area contributed by atoms with Crippen molar-refractivity contribution in [2.75, 3.05) is 11.9 Å². The van der Waals surface area contributed by atoms with Gasteiger partial charge in [-0.1, -0.05) is 43.2 Å². The number of benzene rings is 2. The molecule has 0 atom stereocenters. The Morgan fingerprint density at radius 2 is 1.83 bits per heavy atom. The van der Waals surface area contributed by atoms with Gasteiger partial charge in [0.05, 0.1) is 12.1 Å². The Kier molecular flexibility index (Phi) is 7.77. The molecular weight excluding hydrogens is 368 g/mol. The van der Waals surface area contributed by atoms with Gasteiger partial charge >= 0.3 is 0 Å². The first-order chi connectivity index (χ1) is 14.3. The topological polar surface area (TPSA) is 96.4 Å². The zero-order chi connectivity index (χ0) is 20.3. The molecule has 3 aromatic rings. The Hall–Kier alpha value is -3.19. The van der Waals surface area contributed by atoms with Crippen LogP contribution in [0, 0.1) is 0 Å². The van der Waals surface area contributed by atoms with E-state index in [1.807, 2.05) is 36.4 Å². The Morgan fingerprint density at radius 3 is 2.66 bits per heavy atom. The number of unbranched alkanes of at least 4 members (excludes halogenated alkanes) is 3. The number of aromatic nitrogens is 2. The number of fused-ring (bicyclic) bond motifs is 1. The molecule has 2 aromatic carbocycles. The zero-order valence-electron chi connectivity index (χ0n) is 16.3. The lowest BCUT2D eigenvalue weighted by molar-refractivity contribution is -0.129. The molecule has 0 unspecified atom stereocenters. The SMILES string of the molecule is O=C(CCCCCCOc1ccc2ncnc(NCc3ccccc3)c2c1)NO. The highest BCUT2D eigenvalue weighted by atomic mass is 16.5. The van der Waals surface area contributed by atoms with Gasteiger partial charge in [-0.05, 0) is 36.6 Å². The van der Waals surface area contributed by atoms with E-state index in [4.69, 9.17) is 9.94 Å². The van der Waals surface area contributed by atoms with Crippen molar-refractivity contribution in [3.05, 3.63) is 60.4 Å². The van der Waals surface area contributed by atoms with Crippen molar-refractivity contribution in [3.8, 4) is 5.75 Å². The molecule has 1 aromatic heterocycles. The summed E-state index contributed by atoms with van der Waals surface area (Å²) in [5.41, 5.74) is 3.70. The summed E-state index contributed by atoms with van der Waals surface area (Å²) in [6, 6.07) is 16.0. The van der Waals surface area contributed by atoms with Crippen LogP contribution >= 0.6 is 0 Å². The molecule has 0 spiro atoms. The molecule has 7 heteroatoms. The molecule has 7 nitrogen and oxygen atoms in total. The van der Waals surface area contributed by atoms with E-state index in [1.165, 1.54) is 5.56 Å². The van der Waals surface area contributed by atoms with Crippen LogP contribution in [-0.4, -0.2) is 27.7 Å². The van der Waals surface area contributed by atoms with E-state index in [-0.39, 0.29) is 5.91 Å². The molecule has 1 heterocycles. The standard InChI is InChI=1S/C22H26N4O3/c27-21(26-28)10-6-1-2-7-13-29-18-11-12-20-19(14-18)22(25-16-24-20)23-15-17-8-4-3-5-9-17/h3-5,8-9,11-12,14,16,28H,1-2,6-7,10,13,15H2,(H,26,27)(H,23,24,25). The minimum Gasteiger partial charge on any atom is -0.494 e. The fourth-order valence-corrected chi connectivity index (χ4v) is 3.04. The second-order valence-corrected chi connectivity index (χ2v) is 6.79. The molecule has 1 amide bonds. The van der Waals surface area contributed by atoms with E-state index >= 15 is 0 Å². The van der Waals surface area contributed by atoms with E-state index in [9.17, 15) is 4.79 Å². The van der Waals surface area contributed by atoms with Crippen molar-refractivity contribution in [3.63, 3.8) is 0 Å². The van der Waals surface area contributed by atoms with Gasteiger partial charge in [-0.3, -0.25) is 10.0 Å². The highest BCUT2D eigenvalue weighted by molar-refractivity contribution is 5.89. The van der Waals surface area contributed by atoms with E-state index in [2.05, 4.69) is 27.4 Å². The lowest BCUT2D eigenvalue weighted by Gasteiger charge is -2.11. The maximum absolute atomic E-state index is 10.9. The number of hydrogen-bond donors (Lipinski definition) is 3. The molecule has 0 saturated carbocycles. The summed E-state index contributed by atoms with van der Waals surface area (Å²) in [6.45, 7) is 1.30. The van der Waals surface area contributed by atoms with E-state index < -0.39 is 0 Å². The molecule has 0 radical (unpaired) electrons. The monoisotopic (exact) mass is 394 g/mol. The van der Waals surface area contributed by atoms with Crippen LogP contribution in [0.3, 0.4) is 0 Å². The van der Waals surface area contributed by atoms with Gasteiger partial charge in [0.25, 0.3) is 0 Å². The fraction of sp³-hybridized carbons (Fsp3) is 0.318. The number of nitrogens with one attached hydrogen (secondary N) is 2. The first-order valence-electron chi connectivity index (χ1n) is 9.84. The molecule has 3 N–H and O–H groups in total. The number of carbonyl (C=O) groups is 1. The van der Waals surface area contributed by atoms with Gasteiger partial charge in [-0.15, -0.1) is 0 Å². The Labute approximate surface area is 170 Å². The van der Waals surface area contributed by atoms with Gasteiger partial charge in [0, 0.05) is 18.4 Å². The van der Waals surface area contributed by atoms with E-state index in [1.54, 1.807) is 11.8 Å². The first kappa shape index (κ1) is 20.5. The molecular formula is C22H26N4O3. The van der Waals surface area contributed by atoms with Crippen LogP contribution in [0.2, 0.25) is 0 Å². The average molecular weight is 394 g/mol. The van der Waals surface area contributed by atoms with Gasteiger partial charge in [0.1, 0.15) is 17.9 Å². The van der Waals surface area contributed by atoms with Gasteiger partial charge in [0.2, 0.25) is 5.91 Å². The summed E-state index contributed by atoms with van der Waals surface area (Å²) in [5.74, 6) is 1.23. The average Bonchev–Trinajstić information content (AvgIpc) is 2.77. The van der Waals surface area contributed by atoms with Gasteiger partial charge in [0.15, 0.2) is 0 Å². The molecule has 152 valence electrons. The molecule has 3 rings (SSSR count). The fourth-order valence-electron chi connectivity index (χ4n) is 3.04. The lowest BCUT2D eigenvalue weighted by atomic mass is 10.1. The van der Waals surface area contributed by atoms with Crippen LogP contribution < -0.4 is 15.5 Å². The molecule has 29 heavy (non-hydrogen) atoms. The Morgan fingerprint density at radius 1 is 1.00 bits per heavy atom. The number of carbonyl (C=O) groups excluding carboxylic acids is 1. The smallest absolute Gasteiger partial charge is 0.243 e. The van der Waals surface area contributed by atoms with Crippen LogP contribution in [0.1, 0.15) is 37.7 Å². The Bertz CT molecular complexity index is 918. The third kappa shape index (κ3) is 6.43. The van der Waals surface area contributed by atoms with Crippen molar-refractivity contribution in [2.45, 2.75) is 38.6 Å². The lowest BCUT2D eigenvalue weighted by Crippen LogP contribution is -2.17. The summed E-state index contributed by atoms with van der Waals surface area (Å²) in [7, 11) is 0. The quantitative estimate of drug-likeness (QED) is 0.258. The van der Waals surface area contributed by atoms with E-state index in [0.717, 1.165) is 48.2 Å². The summed E-state index contributed by atoms with van der Waals surface area (Å²) in [4.78, 5) is 19.7. The van der Waals surface area contributed by atoms with Crippen LogP contribution in [-0.2, 0) is 11.3 Å². The highest BCUT2D eigenvalue weighted by Gasteiger charge is 2.06. The van der Waals surface area contributed by atoms with Crippen molar-refractivity contribution < 1.29 is 14.7 Å². The van der Waals surface area contributed by atoms with Crippen molar-refractivity contribution in [1.29, 1.82) is 0 Å².